The predicted octanol–water partition coefficient (Wildman–Crippen LogP) is 3.47. The third kappa shape index (κ3) is 3.23. The lowest BCUT2D eigenvalue weighted by Gasteiger charge is -2.25. The topological polar surface area (TPSA) is 62.3 Å². The minimum Gasteiger partial charge on any atom is -0.495 e. The molecule has 0 unspecified atom stereocenters. The van der Waals surface area contributed by atoms with Gasteiger partial charge in [-0.15, -0.1) is 0 Å². The highest BCUT2D eigenvalue weighted by molar-refractivity contribution is 5.69. The number of halogens is 1. The van der Waals surface area contributed by atoms with E-state index in [-0.39, 0.29) is 12.1 Å². The first-order valence-electron chi connectivity index (χ1n) is 6.50. The molecule has 2 rings (SSSR count). The molecule has 0 spiro atoms. The zero-order valence-electron chi connectivity index (χ0n) is 11.7. The summed E-state index contributed by atoms with van der Waals surface area (Å²) in [6, 6.07) is 14.2. The maximum absolute atomic E-state index is 14.3. The van der Waals surface area contributed by atoms with E-state index in [1.807, 2.05) is 30.3 Å². The van der Waals surface area contributed by atoms with Crippen molar-refractivity contribution in [2.45, 2.75) is 6.42 Å². The molecule has 4 nitrogen and oxygen atoms in total. The lowest BCUT2D eigenvalue weighted by atomic mass is 10.2. The fraction of sp³-hybridized carbons (Fsp3) is 0.188. The van der Waals surface area contributed by atoms with Gasteiger partial charge < -0.3 is 15.4 Å². The van der Waals surface area contributed by atoms with Crippen LogP contribution in [0, 0.1) is 17.1 Å². The first-order chi connectivity index (χ1) is 10.2. The number of rotatable bonds is 5. The van der Waals surface area contributed by atoms with Gasteiger partial charge in [-0.1, -0.05) is 18.2 Å². The molecule has 108 valence electrons. The van der Waals surface area contributed by atoms with Crippen LogP contribution < -0.4 is 15.4 Å². The van der Waals surface area contributed by atoms with Gasteiger partial charge in [0.05, 0.1) is 31.0 Å². The van der Waals surface area contributed by atoms with Gasteiger partial charge >= 0.3 is 0 Å². The van der Waals surface area contributed by atoms with Gasteiger partial charge in [0.25, 0.3) is 0 Å². The summed E-state index contributed by atoms with van der Waals surface area (Å²) in [5, 5.41) is 8.81. The number of hydrogen-bond acceptors (Lipinski definition) is 4. The second kappa shape index (κ2) is 6.62. The van der Waals surface area contributed by atoms with E-state index in [9.17, 15) is 4.39 Å². The highest BCUT2D eigenvalue weighted by atomic mass is 19.1. The summed E-state index contributed by atoms with van der Waals surface area (Å²) in [5.41, 5.74) is 7.09. The number of benzene rings is 2. The fourth-order valence-electron chi connectivity index (χ4n) is 2.10. The van der Waals surface area contributed by atoms with Crippen LogP contribution in [0.2, 0.25) is 0 Å². The van der Waals surface area contributed by atoms with Crippen LogP contribution in [0.3, 0.4) is 0 Å². The average molecular weight is 285 g/mol. The third-order valence-electron chi connectivity index (χ3n) is 3.11. The standard InChI is InChI=1S/C16H16FN3O/c1-21-16-11-15(13(17)10-14(16)19)20(9-5-8-18)12-6-3-2-4-7-12/h2-4,6-7,10-11H,5,9,19H2,1H3. The normalized spacial score (nSPS) is 9.95. The van der Waals surface area contributed by atoms with E-state index < -0.39 is 5.82 Å². The van der Waals surface area contributed by atoms with Crippen LogP contribution in [0.25, 0.3) is 0 Å². The van der Waals surface area contributed by atoms with Crippen molar-refractivity contribution in [1.29, 1.82) is 5.26 Å². The molecule has 0 aliphatic carbocycles. The second-order valence-electron chi connectivity index (χ2n) is 4.44. The Morgan fingerprint density at radius 3 is 2.62 bits per heavy atom. The van der Waals surface area contributed by atoms with Crippen LogP contribution in [0.1, 0.15) is 6.42 Å². The van der Waals surface area contributed by atoms with E-state index in [0.29, 0.717) is 18.0 Å². The molecule has 2 aromatic rings. The number of ether oxygens (including phenoxy) is 1. The number of nitrogens with two attached hydrogens (primary N) is 1. The fourth-order valence-corrected chi connectivity index (χ4v) is 2.10. The SMILES string of the molecule is COc1cc(N(CCC#N)c2ccccc2)c(F)cc1N. The lowest BCUT2D eigenvalue weighted by molar-refractivity contribution is 0.416. The largest absolute Gasteiger partial charge is 0.495 e. The molecule has 2 N–H and O–H groups in total. The van der Waals surface area contributed by atoms with Crippen molar-refractivity contribution in [3.63, 3.8) is 0 Å². The summed E-state index contributed by atoms with van der Waals surface area (Å²) in [5.74, 6) is -0.0422. The molecule has 0 fully saturated rings. The van der Waals surface area contributed by atoms with Crippen molar-refractivity contribution in [3.8, 4) is 11.8 Å². The van der Waals surface area contributed by atoms with E-state index in [0.717, 1.165) is 5.69 Å². The van der Waals surface area contributed by atoms with Gasteiger partial charge in [-0.2, -0.15) is 5.26 Å². The maximum atomic E-state index is 14.3. The number of anilines is 3. The minimum atomic E-state index is -0.449. The Bertz CT molecular complexity index is 653. The summed E-state index contributed by atoms with van der Waals surface area (Å²) in [7, 11) is 1.48. The van der Waals surface area contributed by atoms with Crippen LogP contribution in [-0.2, 0) is 0 Å². The van der Waals surface area contributed by atoms with Crippen LogP contribution in [0.15, 0.2) is 42.5 Å². The van der Waals surface area contributed by atoms with Gasteiger partial charge in [-0.3, -0.25) is 0 Å². The molecular formula is C16H16FN3O. The van der Waals surface area contributed by atoms with Gasteiger partial charge in [-0.05, 0) is 12.1 Å². The van der Waals surface area contributed by atoms with E-state index in [4.69, 9.17) is 15.7 Å². The van der Waals surface area contributed by atoms with Crippen molar-refractivity contribution in [2.75, 3.05) is 24.3 Å². The van der Waals surface area contributed by atoms with Crippen LogP contribution >= 0.6 is 0 Å². The molecule has 2 aromatic carbocycles. The first kappa shape index (κ1) is 14.7. The molecule has 21 heavy (non-hydrogen) atoms. The molecule has 5 heteroatoms. The van der Waals surface area contributed by atoms with Crippen molar-refractivity contribution in [1.82, 2.24) is 0 Å². The number of nitriles is 1. The highest BCUT2D eigenvalue weighted by Crippen LogP contribution is 2.34. The van der Waals surface area contributed by atoms with Gasteiger partial charge in [0.2, 0.25) is 0 Å². The summed E-state index contributed by atoms with van der Waals surface area (Å²) in [6.45, 7) is 0.379. The maximum Gasteiger partial charge on any atom is 0.149 e. The Balaban J connectivity index is 2.49. The molecule has 0 radical (unpaired) electrons. The molecule has 0 aliphatic rings. The number of nitrogens with zero attached hydrogens (tertiary/aromatic N) is 2. The summed E-state index contributed by atoms with van der Waals surface area (Å²) in [6.07, 6.45) is 0.279. The van der Waals surface area contributed by atoms with Crippen LogP contribution in [0.4, 0.5) is 21.5 Å². The van der Waals surface area contributed by atoms with E-state index in [2.05, 4.69) is 6.07 Å². The monoisotopic (exact) mass is 285 g/mol. The molecule has 0 aromatic heterocycles. The van der Waals surface area contributed by atoms with Crippen molar-refractivity contribution >= 4 is 17.1 Å². The number of methoxy groups -OCH3 is 1. The summed E-state index contributed by atoms with van der Waals surface area (Å²) >= 11 is 0. The Morgan fingerprint density at radius 1 is 1.29 bits per heavy atom. The summed E-state index contributed by atoms with van der Waals surface area (Å²) < 4.78 is 19.4. The van der Waals surface area contributed by atoms with Crippen LogP contribution in [0.5, 0.6) is 5.75 Å². The van der Waals surface area contributed by atoms with Gasteiger partial charge in [0.15, 0.2) is 0 Å². The van der Waals surface area contributed by atoms with Crippen molar-refractivity contribution in [2.24, 2.45) is 0 Å². The Labute approximate surface area is 123 Å². The van der Waals surface area contributed by atoms with Crippen LogP contribution in [-0.4, -0.2) is 13.7 Å². The average Bonchev–Trinajstić information content (AvgIpc) is 2.50. The molecule has 0 aliphatic heterocycles. The number of hydrogen-bond donors (Lipinski definition) is 1. The molecule has 0 saturated heterocycles. The lowest BCUT2D eigenvalue weighted by Crippen LogP contribution is -2.19. The van der Waals surface area contributed by atoms with E-state index in [1.165, 1.54) is 13.2 Å². The first-order valence-corrected chi connectivity index (χ1v) is 6.50. The second-order valence-corrected chi connectivity index (χ2v) is 4.44. The predicted molar refractivity (Wildman–Crippen MR) is 81.0 cm³/mol. The quantitative estimate of drug-likeness (QED) is 0.854. The molecule has 0 amide bonds. The molecule has 0 saturated carbocycles. The van der Waals surface area contributed by atoms with E-state index >= 15 is 0 Å². The zero-order chi connectivity index (χ0) is 15.2. The Hall–Kier alpha value is -2.74. The third-order valence-corrected chi connectivity index (χ3v) is 3.11. The Morgan fingerprint density at radius 2 is 2.00 bits per heavy atom. The van der Waals surface area contributed by atoms with Gasteiger partial charge in [0.1, 0.15) is 11.6 Å². The molecule has 0 bridgehead atoms. The zero-order valence-corrected chi connectivity index (χ0v) is 11.7. The number of para-hydroxylation sites is 1. The van der Waals surface area contributed by atoms with Gasteiger partial charge in [0, 0.05) is 24.4 Å². The smallest absolute Gasteiger partial charge is 0.149 e. The van der Waals surface area contributed by atoms with Crippen molar-refractivity contribution in [3.05, 3.63) is 48.3 Å². The van der Waals surface area contributed by atoms with Gasteiger partial charge in [-0.25, -0.2) is 4.39 Å². The Kier molecular flexibility index (Phi) is 4.62. The van der Waals surface area contributed by atoms with E-state index in [1.54, 1.807) is 11.0 Å². The highest BCUT2D eigenvalue weighted by Gasteiger charge is 2.16. The molecular weight excluding hydrogens is 269 g/mol. The van der Waals surface area contributed by atoms with Crippen molar-refractivity contribution < 1.29 is 9.13 Å². The summed E-state index contributed by atoms with van der Waals surface area (Å²) in [4.78, 5) is 1.74. The molecule has 0 atom stereocenters. The molecule has 0 heterocycles. The minimum absolute atomic E-state index is 0.243. The number of nitrogen functional groups attached to an aromatic ring is 1.